The quantitative estimate of drug-likeness (QED) is 0.606. The number of ether oxygens (including phenoxy) is 1. The molecular weight excluding hydrogens is 246 g/mol. The first kappa shape index (κ1) is 18.0. The fraction of sp³-hybridized carbons (Fsp3) is 1.00. The van der Waals surface area contributed by atoms with Crippen LogP contribution in [0.4, 0.5) is 0 Å². The van der Waals surface area contributed by atoms with E-state index in [1.807, 2.05) is 7.11 Å². The molecule has 0 aliphatic heterocycles. The zero-order chi connectivity index (χ0) is 15.1. The number of hydrogen-bond donors (Lipinski definition) is 1. The van der Waals surface area contributed by atoms with Crippen molar-refractivity contribution in [2.24, 2.45) is 5.41 Å². The Morgan fingerprint density at radius 1 is 1.00 bits per heavy atom. The highest BCUT2D eigenvalue weighted by atomic mass is 16.5. The average Bonchev–Trinajstić information content (AvgIpc) is 2.44. The zero-order valence-corrected chi connectivity index (χ0v) is 14.6. The lowest BCUT2D eigenvalue weighted by Gasteiger charge is -2.47. The summed E-state index contributed by atoms with van der Waals surface area (Å²) >= 11 is 0. The van der Waals surface area contributed by atoms with Gasteiger partial charge in [0, 0.05) is 13.2 Å². The fourth-order valence-corrected chi connectivity index (χ4v) is 3.51. The third-order valence-electron chi connectivity index (χ3n) is 5.23. The summed E-state index contributed by atoms with van der Waals surface area (Å²) in [5.74, 6) is 0. The molecule has 0 radical (unpaired) electrons. The van der Waals surface area contributed by atoms with Gasteiger partial charge in [-0.3, -0.25) is 0 Å². The standard InChI is InChI=1S/C18H37NO/c1-6-8-9-10-16(19-15-7-2)18(20-5)13-11-17(3,4)12-14-18/h16,19H,6-15H2,1-5H3. The maximum absolute atomic E-state index is 6.10. The van der Waals surface area contributed by atoms with Crippen molar-refractivity contribution in [1.82, 2.24) is 5.32 Å². The van der Waals surface area contributed by atoms with E-state index in [4.69, 9.17) is 4.74 Å². The van der Waals surface area contributed by atoms with Gasteiger partial charge in [-0.1, -0.05) is 47.0 Å². The highest BCUT2D eigenvalue weighted by Crippen LogP contribution is 2.44. The van der Waals surface area contributed by atoms with Gasteiger partial charge < -0.3 is 10.1 Å². The summed E-state index contributed by atoms with van der Waals surface area (Å²) in [6.07, 6.45) is 11.4. The first-order valence-corrected chi connectivity index (χ1v) is 8.78. The number of hydrogen-bond acceptors (Lipinski definition) is 2. The van der Waals surface area contributed by atoms with Crippen molar-refractivity contribution in [3.63, 3.8) is 0 Å². The van der Waals surface area contributed by atoms with Gasteiger partial charge in [-0.05, 0) is 50.5 Å². The number of unbranched alkanes of at least 4 members (excludes halogenated alkanes) is 2. The third kappa shape index (κ3) is 5.04. The Morgan fingerprint density at radius 2 is 1.65 bits per heavy atom. The lowest BCUT2D eigenvalue weighted by Crippen LogP contribution is -2.54. The summed E-state index contributed by atoms with van der Waals surface area (Å²) < 4.78 is 6.10. The summed E-state index contributed by atoms with van der Waals surface area (Å²) in [6, 6.07) is 0.537. The Kier molecular flexibility index (Phi) is 7.53. The molecule has 1 aliphatic rings. The van der Waals surface area contributed by atoms with E-state index in [2.05, 4.69) is 33.0 Å². The molecule has 0 saturated heterocycles. The fourth-order valence-electron chi connectivity index (χ4n) is 3.51. The van der Waals surface area contributed by atoms with Gasteiger partial charge in [0.15, 0.2) is 0 Å². The van der Waals surface area contributed by atoms with Crippen molar-refractivity contribution in [1.29, 1.82) is 0 Å². The van der Waals surface area contributed by atoms with Crippen LogP contribution in [-0.4, -0.2) is 25.3 Å². The van der Waals surface area contributed by atoms with Crippen LogP contribution in [0.5, 0.6) is 0 Å². The van der Waals surface area contributed by atoms with E-state index in [1.54, 1.807) is 0 Å². The summed E-state index contributed by atoms with van der Waals surface area (Å²) in [5, 5.41) is 3.79. The minimum Gasteiger partial charge on any atom is -0.377 e. The first-order valence-electron chi connectivity index (χ1n) is 8.78. The van der Waals surface area contributed by atoms with Crippen LogP contribution in [0.1, 0.15) is 85.5 Å². The molecule has 0 aromatic heterocycles. The predicted octanol–water partition coefficient (Wildman–Crippen LogP) is 4.92. The number of nitrogens with one attached hydrogen (secondary N) is 1. The molecule has 120 valence electrons. The van der Waals surface area contributed by atoms with Crippen LogP contribution < -0.4 is 5.32 Å². The second kappa shape index (κ2) is 8.38. The molecular formula is C18H37NO. The smallest absolute Gasteiger partial charge is 0.0831 e. The zero-order valence-electron chi connectivity index (χ0n) is 14.6. The van der Waals surface area contributed by atoms with Crippen molar-refractivity contribution in [2.45, 2.75) is 97.1 Å². The van der Waals surface area contributed by atoms with Gasteiger partial charge in [0.05, 0.1) is 5.60 Å². The van der Waals surface area contributed by atoms with E-state index in [-0.39, 0.29) is 5.60 Å². The van der Waals surface area contributed by atoms with E-state index < -0.39 is 0 Å². The summed E-state index contributed by atoms with van der Waals surface area (Å²) in [7, 11) is 1.93. The number of methoxy groups -OCH3 is 1. The van der Waals surface area contributed by atoms with Crippen molar-refractivity contribution in [3.8, 4) is 0 Å². The van der Waals surface area contributed by atoms with E-state index in [0.717, 1.165) is 6.54 Å². The Morgan fingerprint density at radius 3 is 2.15 bits per heavy atom. The first-order chi connectivity index (χ1) is 9.49. The maximum atomic E-state index is 6.10. The topological polar surface area (TPSA) is 21.3 Å². The molecule has 1 atom stereocenters. The molecule has 1 aliphatic carbocycles. The minimum absolute atomic E-state index is 0.0818. The van der Waals surface area contributed by atoms with Crippen LogP contribution in [0.25, 0.3) is 0 Å². The SMILES string of the molecule is CCCCCC(NCCC)C1(OC)CCC(C)(C)CC1. The highest BCUT2D eigenvalue weighted by molar-refractivity contribution is 4.98. The van der Waals surface area contributed by atoms with Crippen LogP contribution in [0, 0.1) is 5.41 Å². The van der Waals surface area contributed by atoms with Crippen molar-refractivity contribution in [3.05, 3.63) is 0 Å². The molecule has 1 unspecified atom stereocenters. The molecule has 2 nitrogen and oxygen atoms in total. The largest absolute Gasteiger partial charge is 0.377 e. The minimum atomic E-state index is 0.0818. The molecule has 0 bridgehead atoms. The van der Waals surface area contributed by atoms with Gasteiger partial charge in [-0.2, -0.15) is 0 Å². The molecule has 1 fully saturated rings. The molecule has 0 heterocycles. The second-order valence-corrected chi connectivity index (χ2v) is 7.44. The van der Waals surface area contributed by atoms with Gasteiger partial charge in [-0.25, -0.2) is 0 Å². The molecule has 2 heteroatoms. The van der Waals surface area contributed by atoms with Crippen LogP contribution in [-0.2, 0) is 4.74 Å². The second-order valence-electron chi connectivity index (χ2n) is 7.44. The van der Waals surface area contributed by atoms with Gasteiger partial charge in [0.25, 0.3) is 0 Å². The third-order valence-corrected chi connectivity index (χ3v) is 5.23. The van der Waals surface area contributed by atoms with Crippen molar-refractivity contribution < 1.29 is 4.74 Å². The average molecular weight is 284 g/mol. The van der Waals surface area contributed by atoms with E-state index in [9.17, 15) is 0 Å². The molecule has 1 N–H and O–H groups in total. The summed E-state index contributed by atoms with van der Waals surface area (Å²) in [6.45, 7) is 10.4. The number of rotatable bonds is 9. The van der Waals surface area contributed by atoms with Crippen LogP contribution >= 0.6 is 0 Å². The molecule has 1 saturated carbocycles. The predicted molar refractivity (Wildman–Crippen MR) is 88.2 cm³/mol. The van der Waals surface area contributed by atoms with Gasteiger partial charge in [0.1, 0.15) is 0 Å². The van der Waals surface area contributed by atoms with Crippen LogP contribution in [0.15, 0.2) is 0 Å². The van der Waals surface area contributed by atoms with Gasteiger partial charge >= 0.3 is 0 Å². The monoisotopic (exact) mass is 283 g/mol. The molecule has 0 aromatic carbocycles. The Hall–Kier alpha value is -0.0800. The van der Waals surface area contributed by atoms with Crippen LogP contribution in [0.3, 0.4) is 0 Å². The maximum Gasteiger partial charge on any atom is 0.0831 e. The van der Waals surface area contributed by atoms with E-state index in [1.165, 1.54) is 57.8 Å². The Labute approximate surface area is 127 Å². The Balaban J connectivity index is 2.68. The van der Waals surface area contributed by atoms with Crippen molar-refractivity contribution >= 4 is 0 Å². The lowest BCUT2D eigenvalue weighted by molar-refractivity contribution is -0.0882. The van der Waals surface area contributed by atoms with Gasteiger partial charge in [0.2, 0.25) is 0 Å². The molecule has 0 aromatic rings. The molecule has 0 spiro atoms. The lowest BCUT2D eigenvalue weighted by atomic mass is 9.67. The normalized spacial score (nSPS) is 22.6. The van der Waals surface area contributed by atoms with Crippen LogP contribution in [0.2, 0.25) is 0 Å². The summed E-state index contributed by atoms with van der Waals surface area (Å²) in [5.41, 5.74) is 0.583. The molecule has 1 rings (SSSR count). The van der Waals surface area contributed by atoms with Crippen molar-refractivity contribution in [2.75, 3.05) is 13.7 Å². The summed E-state index contributed by atoms with van der Waals surface area (Å²) in [4.78, 5) is 0. The van der Waals surface area contributed by atoms with Gasteiger partial charge in [-0.15, -0.1) is 0 Å². The molecule has 20 heavy (non-hydrogen) atoms. The molecule has 0 amide bonds. The Bertz CT molecular complexity index is 252. The highest BCUT2D eigenvalue weighted by Gasteiger charge is 2.43. The van der Waals surface area contributed by atoms with E-state index >= 15 is 0 Å². The van der Waals surface area contributed by atoms with E-state index in [0.29, 0.717) is 11.5 Å².